The van der Waals surface area contributed by atoms with E-state index in [0.29, 0.717) is 11.3 Å². The zero-order chi connectivity index (χ0) is 20.4. The summed E-state index contributed by atoms with van der Waals surface area (Å²) >= 11 is 0. The molecule has 9 heteroatoms. The molecule has 2 aromatic carbocycles. The van der Waals surface area contributed by atoms with E-state index in [1.807, 2.05) is 43.3 Å². The van der Waals surface area contributed by atoms with Crippen LogP contribution in [0.15, 0.2) is 55.0 Å². The summed E-state index contributed by atoms with van der Waals surface area (Å²) in [6.45, 7) is 1.97. The molecule has 0 saturated carbocycles. The van der Waals surface area contributed by atoms with Gasteiger partial charge in [0.2, 0.25) is 5.91 Å². The first kappa shape index (κ1) is 18.4. The Bertz CT molecular complexity index is 1200. The van der Waals surface area contributed by atoms with Crippen LogP contribution in [0, 0.1) is 6.92 Å². The van der Waals surface area contributed by atoms with Crippen LogP contribution in [0.4, 0.5) is 5.69 Å². The maximum Gasteiger partial charge on any atom is 0.340 e. The number of esters is 1. The summed E-state index contributed by atoms with van der Waals surface area (Å²) in [7, 11) is 1.34. The molecule has 4 rings (SSSR count). The molecule has 4 aromatic rings. The number of carbonyl (C=O) groups excluding carboxylic acids is 2. The molecular weight excluding hydrogens is 372 g/mol. The summed E-state index contributed by atoms with van der Waals surface area (Å²) in [4.78, 5) is 24.6. The molecule has 0 radical (unpaired) electrons. The number of tetrazole rings is 1. The van der Waals surface area contributed by atoms with Gasteiger partial charge in [-0.2, -0.15) is 0 Å². The van der Waals surface area contributed by atoms with Gasteiger partial charge in [0, 0.05) is 22.8 Å². The van der Waals surface area contributed by atoms with Crippen molar-refractivity contribution in [3.63, 3.8) is 0 Å². The van der Waals surface area contributed by atoms with Crippen molar-refractivity contribution >= 4 is 28.5 Å². The number of benzene rings is 2. The number of methoxy groups -OCH3 is 1. The number of nitrogens with one attached hydrogen (secondary N) is 1. The first-order valence-corrected chi connectivity index (χ1v) is 8.87. The minimum atomic E-state index is -0.436. The standard InChI is InChI=1S/C20H18N6O3/c1-13-9-14(7-8-17(13)26-12-21-23-24-26)22-19(27)11-25-10-16(20(28)29-2)15-5-3-4-6-18(15)25/h3-10,12H,11H2,1-2H3,(H,22,27). The highest BCUT2D eigenvalue weighted by molar-refractivity contribution is 6.05. The first-order chi connectivity index (χ1) is 14.1. The summed E-state index contributed by atoms with van der Waals surface area (Å²) in [6, 6.07) is 12.9. The normalized spacial score (nSPS) is 10.8. The third kappa shape index (κ3) is 3.57. The van der Waals surface area contributed by atoms with Gasteiger partial charge in [-0.05, 0) is 47.2 Å². The highest BCUT2D eigenvalue weighted by Gasteiger charge is 2.16. The zero-order valence-electron chi connectivity index (χ0n) is 15.9. The van der Waals surface area contributed by atoms with E-state index in [1.54, 1.807) is 21.5 Å². The van der Waals surface area contributed by atoms with Gasteiger partial charge >= 0.3 is 5.97 Å². The number of hydrogen-bond acceptors (Lipinski definition) is 6. The summed E-state index contributed by atoms with van der Waals surface area (Å²) in [6.07, 6.45) is 3.15. The van der Waals surface area contributed by atoms with Crippen molar-refractivity contribution in [3.8, 4) is 5.69 Å². The van der Waals surface area contributed by atoms with Crippen LogP contribution in [0.3, 0.4) is 0 Å². The Morgan fingerprint density at radius 1 is 1.17 bits per heavy atom. The Morgan fingerprint density at radius 3 is 2.72 bits per heavy atom. The fraction of sp³-hybridized carbons (Fsp3) is 0.150. The van der Waals surface area contributed by atoms with E-state index in [0.717, 1.165) is 22.2 Å². The molecule has 0 aliphatic rings. The fourth-order valence-electron chi connectivity index (χ4n) is 3.27. The molecule has 1 amide bonds. The van der Waals surface area contributed by atoms with E-state index in [2.05, 4.69) is 20.8 Å². The molecule has 0 saturated heterocycles. The largest absolute Gasteiger partial charge is 0.465 e. The van der Waals surface area contributed by atoms with E-state index in [9.17, 15) is 9.59 Å². The summed E-state index contributed by atoms with van der Waals surface area (Å²) in [5.74, 6) is -0.647. The lowest BCUT2D eigenvalue weighted by atomic mass is 10.2. The molecule has 9 nitrogen and oxygen atoms in total. The molecule has 0 atom stereocenters. The maximum absolute atomic E-state index is 12.6. The minimum Gasteiger partial charge on any atom is -0.465 e. The van der Waals surface area contributed by atoms with Gasteiger partial charge in [-0.1, -0.05) is 18.2 Å². The Balaban J connectivity index is 1.55. The molecule has 1 N–H and O–H groups in total. The molecule has 0 spiro atoms. The lowest BCUT2D eigenvalue weighted by Crippen LogP contribution is -2.18. The van der Waals surface area contributed by atoms with Crippen molar-refractivity contribution in [1.82, 2.24) is 24.8 Å². The minimum absolute atomic E-state index is 0.0608. The first-order valence-electron chi connectivity index (χ1n) is 8.87. The number of hydrogen-bond donors (Lipinski definition) is 1. The summed E-state index contributed by atoms with van der Waals surface area (Å²) < 4.78 is 8.14. The van der Waals surface area contributed by atoms with Crippen LogP contribution >= 0.6 is 0 Å². The van der Waals surface area contributed by atoms with Gasteiger partial charge in [0.1, 0.15) is 12.9 Å². The van der Waals surface area contributed by atoms with E-state index in [1.165, 1.54) is 13.4 Å². The highest BCUT2D eigenvalue weighted by atomic mass is 16.5. The molecule has 0 aliphatic carbocycles. The van der Waals surface area contributed by atoms with Crippen LogP contribution in [0.2, 0.25) is 0 Å². The smallest absolute Gasteiger partial charge is 0.340 e. The molecule has 0 fully saturated rings. The number of amides is 1. The van der Waals surface area contributed by atoms with E-state index >= 15 is 0 Å². The molecule has 0 aliphatic heterocycles. The van der Waals surface area contributed by atoms with Crippen LogP contribution in [0.5, 0.6) is 0 Å². The topological polar surface area (TPSA) is 104 Å². The lowest BCUT2D eigenvalue weighted by molar-refractivity contribution is -0.116. The van der Waals surface area contributed by atoms with E-state index in [4.69, 9.17) is 4.74 Å². The number of nitrogens with zero attached hydrogens (tertiary/aromatic N) is 5. The predicted molar refractivity (Wildman–Crippen MR) is 106 cm³/mol. The Kier molecular flexibility index (Phi) is 4.78. The van der Waals surface area contributed by atoms with Crippen LogP contribution in [-0.4, -0.2) is 43.8 Å². The number of fused-ring (bicyclic) bond motifs is 1. The number of aryl methyl sites for hydroxylation is 1. The van der Waals surface area contributed by atoms with Crippen LogP contribution in [0.25, 0.3) is 16.6 Å². The molecule has 2 heterocycles. The Labute approximate surface area is 165 Å². The van der Waals surface area contributed by atoms with Gasteiger partial charge in [0.15, 0.2) is 0 Å². The molecule has 29 heavy (non-hydrogen) atoms. The second kappa shape index (κ2) is 7.55. The van der Waals surface area contributed by atoms with Gasteiger partial charge in [0.25, 0.3) is 0 Å². The molecule has 0 bridgehead atoms. The third-order valence-electron chi connectivity index (χ3n) is 4.58. The van der Waals surface area contributed by atoms with Crippen LogP contribution < -0.4 is 5.32 Å². The van der Waals surface area contributed by atoms with Crippen molar-refractivity contribution in [2.45, 2.75) is 13.5 Å². The molecule has 0 unspecified atom stereocenters. The monoisotopic (exact) mass is 390 g/mol. The summed E-state index contributed by atoms with van der Waals surface area (Å²) in [5, 5.41) is 14.8. The van der Waals surface area contributed by atoms with Crippen molar-refractivity contribution in [2.75, 3.05) is 12.4 Å². The number of anilines is 1. The second-order valence-electron chi connectivity index (χ2n) is 6.48. The van der Waals surface area contributed by atoms with Crippen molar-refractivity contribution < 1.29 is 14.3 Å². The SMILES string of the molecule is COC(=O)c1cn(CC(=O)Nc2ccc(-n3cnnn3)c(C)c2)c2ccccc12. The van der Waals surface area contributed by atoms with Crippen molar-refractivity contribution in [1.29, 1.82) is 0 Å². The number of aromatic nitrogens is 5. The third-order valence-corrected chi connectivity index (χ3v) is 4.58. The number of para-hydroxylation sites is 1. The van der Waals surface area contributed by atoms with E-state index in [-0.39, 0.29) is 12.5 Å². The Hall–Kier alpha value is -4.01. The van der Waals surface area contributed by atoms with Gasteiger partial charge in [-0.25, -0.2) is 9.48 Å². The second-order valence-corrected chi connectivity index (χ2v) is 6.48. The maximum atomic E-state index is 12.6. The average molecular weight is 390 g/mol. The van der Waals surface area contributed by atoms with Crippen LogP contribution in [0.1, 0.15) is 15.9 Å². The molecular formula is C20H18N6O3. The highest BCUT2D eigenvalue weighted by Crippen LogP contribution is 2.23. The quantitative estimate of drug-likeness (QED) is 0.525. The van der Waals surface area contributed by atoms with Crippen LogP contribution in [-0.2, 0) is 16.1 Å². The van der Waals surface area contributed by atoms with Gasteiger partial charge in [0.05, 0.1) is 18.4 Å². The van der Waals surface area contributed by atoms with Crippen molar-refractivity contribution in [2.24, 2.45) is 0 Å². The van der Waals surface area contributed by atoms with Crippen molar-refractivity contribution in [3.05, 3.63) is 66.1 Å². The predicted octanol–water partition coefficient (Wildman–Crippen LogP) is 2.35. The van der Waals surface area contributed by atoms with Gasteiger partial charge < -0.3 is 14.6 Å². The molecule has 146 valence electrons. The van der Waals surface area contributed by atoms with E-state index < -0.39 is 5.97 Å². The lowest BCUT2D eigenvalue weighted by Gasteiger charge is -2.10. The fourth-order valence-corrected chi connectivity index (χ4v) is 3.27. The number of rotatable bonds is 5. The van der Waals surface area contributed by atoms with Gasteiger partial charge in [-0.3, -0.25) is 4.79 Å². The number of ether oxygens (including phenoxy) is 1. The number of carbonyl (C=O) groups is 2. The summed E-state index contributed by atoms with van der Waals surface area (Å²) in [5.41, 5.74) is 3.61. The average Bonchev–Trinajstić information content (AvgIpc) is 3.36. The zero-order valence-corrected chi connectivity index (χ0v) is 15.9. The molecule has 2 aromatic heterocycles. The van der Waals surface area contributed by atoms with Gasteiger partial charge in [-0.15, -0.1) is 5.10 Å². The Morgan fingerprint density at radius 2 is 2.00 bits per heavy atom.